The topological polar surface area (TPSA) is 40.6 Å². The van der Waals surface area contributed by atoms with Gasteiger partial charge in [-0.15, -0.1) is 0 Å². The van der Waals surface area contributed by atoms with E-state index in [0.717, 1.165) is 43.2 Å². The van der Waals surface area contributed by atoms with Gasteiger partial charge in [-0.25, -0.2) is 0 Å². The molecular formula is C26H32N2O2. The highest BCUT2D eigenvalue weighted by Crippen LogP contribution is 2.38. The predicted octanol–water partition coefficient (Wildman–Crippen LogP) is 4.39. The van der Waals surface area contributed by atoms with Gasteiger partial charge in [0.05, 0.1) is 5.41 Å². The van der Waals surface area contributed by atoms with E-state index < -0.39 is 5.41 Å². The molecule has 1 saturated heterocycles. The smallest absolute Gasteiger partial charge is 0.230 e. The van der Waals surface area contributed by atoms with E-state index in [1.807, 2.05) is 37.2 Å². The third-order valence-corrected chi connectivity index (χ3v) is 6.81. The number of carbonyl (C=O) groups excluding carboxylic acids is 2. The van der Waals surface area contributed by atoms with Crippen LogP contribution in [-0.4, -0.2) is 48.8 Å². The largest absolute Gasteiger partial charge is 0.348 e. The maximum atomic E-state index is 13.3. The van der Waals surface area contributed by atoms with Crippen molar-refractivity contribution in [3.05, 3.63) is 60.2 Å². The molecule has 1 heterocycles. The number of amides is 2. The Balaban J connectivity index is 1.58. The Labute approximate surface area is 179 Å². The number of rotatable bonds is 5. The lowest BCUT2D eigenvalue weighted by Crippen LogP contribution is -2.45. The van der Waals surface area contributed by atoms with Gasteiger partial charge in [0.25, 0.3) is 0 Å². The Morgan fingerprint density at radius 3 is 2.40 bits per heavy atom. The van der Waals surface area contributed by atoms with Crippen LogP contribution in [0, 0.1) is 11.3 Å². The molecule has 1 aliphatic heterocycles. The molecule has 30 heavy (non-hydrogen) atoms. The van der Waals surface area contributed by atoms with E-state index in [1.54, 1.807) is 4.90 Å². The maximum Gasteiger partial charge on any atom is 0.230 e. The van der Waals surface area contributed by atoms with Crippen LogP contribution < -0.4 is 0 Å². The highest BCUT2D eigenvalue weighted by Gasteiger charge is 2.47. The zero-order chi connectivity index (χ0) is 21.1. The van der Waals surface area contributed by atoms with Crippen molar-refractivity contribution in [3.63, 3.8) is 0 Å². The summed E-state index contributed by atoms with van der Waals surface area (Å²) in [5.74, 6) is 0.560. The second-order valence-corrected chi connectivity index (χ2v) is 9.21. The van der Waals surface area contributed by atoms with Crippen LogP contribution in [0.3, 0.4) is 0 Å². The second-order valence-electron chi connectivity index (χ2n) is 9.21. The first kappa shape index (κ1) is 20.6. The molecule has 2 aromatic rings. The van der Waals surface area contributed by atoms with E-state index in [9.17, 15) is 9.59 Å². The zero-order valence-electron chi connectivity index (χ0n) is 18.1. The molecule has 4 nitrogen and oxygen atoms in total. The minimum atomic E-state index is -0.535. The van der Waals surface area contributed by atoms with Gasteiger partial charge in [0, 0.05) is 33.1 Å². The average Bonchev–Trinajstić information content (AvgIpc) is 3.45. The molecule has 2 amide bonds. The standard InChI is InChI=1S/C26H32N2O2/c1-27(2)25(30)26(15-16-28(19-26)24(29)22-12-6-7-13-22)18-20-9-8-14-23(17-20)21-10-4-3-5-11-21/h3-5,8-11,14,17,22H,6-7,12-13,15-16,18-19H2,1-2H3. The maximum absolute atomic E-state index is 13.3. The normalized spacial score (nSPS) is 21.7. The fourth-order valence-corrected chi connectivity index (χ4v) is 5.24. The van der Waals surface area contributed by atoms with Crippen molar-refractivity contribution in [1.29, 1.82) is 0 Å². The molecule has 0 bridgehead atoms. The fourth-order valence-electron chi connectivity index (χ4n) is 5.24. The summed E-state index contributed by atoms with van der Waals surface area (Å²) in [5, 5.41) is 0. The van der Waals surface area contributed by atoms with Gasteiger partial charge in [0.2, 0.25) is 11.8 Å². The zero-order valence-corrected chi connectivity index (χ0v) is 18.1. The van der Waals surface area contributed by atoms with Crippen molar-refractivity contribution in [3.8, 4) is 11.1 Å². The summed E-state index contributed by atoms with van der Waals surface area (Å²) in [4.78, 5) is 30.0. The molecule has 158 valence electrons. The third kappa shape index (κ3) is 4.14. The van der Waals surface area contributed by atoms with Crippen molar-refractivity contribution in [2.75, 3.05) is 27.2 Å². The lowest BCUT2D eigenvalue weighted by Gasteiger charge is -2.31. The summed E-state index contributed by atoms with van der Waals surface area (Å²) in [5.41, 5.74) is 2.96. The molecular weight excluding hydrogens is 372 g/mol. The molecule has 0 N–H and O–H groups in total. The Hall–Kier alpha value is -2.62. The summed E-state index contributed by atoms with van der Waals surface area (Å²) in [6.45, 7) is 1.22. The number of carbonyl (C=O) groups is 2. The van der Waals surface area contributed by atoms with Gasteiger partial charge < -0.3 is 9.80 Å². The summed E-state index contributed by atoms with van der Waals surface area (Å²) >= 11 is 0. The van der Waals surface area contributed by atoms with Crippen LogP contribution in [0.5, 0.6) is 0 Å². The average molecular weight is 405 g/mol. The van der Waals surface area contributed by atoms with E-state index in [1.165, 1.54) is 5.56 Å². The molecule has 2 fully saturated rings. The van der Waals surface area contributed by atoms with E-state index in [2.05, 4.69) is 36.4 Å². The van der Waals surface area contributed by atoms with Crippen LogP contribution in [0.15, 0.2) is 54.6 Å². The van der Waals surface area contributed by atoms with Crippen molar-refractivity contribution in [2.24, 2.45) is 11.3 Å². The van der Waals surface area contributed by atoms with Gasteiger partial charge in [-0.05, 0) is 42.4 Å². The first-order valence-electron chi connectivity index (χ1n) is 11.1. The summed E-state index contributed by atoms with van der Waals surface area (Å²) in [7, 11) is 3.65. The highest BCUT2D eigenvalue weighted by molar-refractivity contribution is 5.86. The van der Waals surface area contributed by atoms with E-state index in [-0.39, 0.29) is 17.7 Å². The first-order chi connectivity index (χ1) is 14.5. The number of nitrogens with zero attached hydrogens (tertiary/aromatic N) is 2. The van der Waals surface area contributed by atoms with Crippen LogP contribution in [0.2, 0.25) is 0 Å². The van der Waals surface area contributed by atoms with Crippen molar-refractivity contribution in [2.45, 2.75) is 38.5 Å². The summed E-state index contributed by atoms with van der Waals surface area (Å²) in [6.07, 6.45) is 5.71. The van der Waals surface area contributed by atoms with E-state index in [4.69, 9.17) is 0 Å². The van der Waals surface area contributed by atoms with Gasteiger partial charge in [-0.2, -0.15) is 0 Å². The number of hydrogen-bond acceptors (Lipinski definition) is 2. The van der Waals surface area contributed by atoms with Crippen molar-refractivity contribution in [1.82, 2.24) is 9.80 Å². The third-order valence-electron chi connectivity index (χ3n) is 6.81. The number of hydrogen-bond donors (Lipinski definition) is 0. The Bertz CT molecular complexity index is 902. The number of benzene rings is 2. The minimum Gasteiger partial charge on any atom is -0.348 e. The van der Waals surface area contributed by atoms with Crippen LogP contribution in [-0.2, 0) is 16.0 Å². The van der Waals surface area contributed by atoms with Gasteiger partial charge >= 0.3 is 0 Å². The monoisotopic (exact) mass is 404 g/mol. The van der Waals surface area contributed by atoms with Crippen molar-refractivity contribution >= 4 is 11.8 Å². The molecule has 4 rings (SSSR count). The van der Waals surface area contributed by atoms with Crippen LogP contribution >= 0.6 is 0 Å². The van der Waals surface area contributed by atoms with Crippen LogP contribution in [0.4, 0.5) is 0 Å². The Morgan fingerprint density at radius 1 is 1.00 bits per heavy atom. The second kappa shape index (κ2) is 8.63. The molecule has 0 aromatic heterocycles. The molecule has 2 aromatic carbocycles. The molecule has 1 saturated carbocycles. The Morgan fingerprint density at radius 2 is 1.70 bits per heavy atom. The molecule has 2 aliphatic rings. The number of likely N-dealkylation sites (tertiary alicyclic amines) is 1. The van der Waals surface area contributed by atoms with Crippen LogP contribution in [0.1, 0.15) is 37.7 Å². The molecule has 1 unspecified atom stereocenters. The molecule has 1 atom stereocenters. The summed E-state index contributed by atoms with van der Waals surface area (Å²) in [6, 6.07) is 18.8. The molecule has 0 radical (unpaired) electrons. The highest BCUT2D eigenvalue weighted by atomic mass is 16.2. The molecule has 1 aliphatic carbocycles. The fraction of sp³-hybridized carbons (Fsp3) is 0.462. The molecule has 4 heteroatoms. The Kier molecular flexibility index (Phi) is 5.94. The van der Waals surface area contributed by atoms with Crippen LogP contribution in [0.25, 0.3) is 11.1 Å². The summed E-state index contributed by atoms with van der Waals surface area (Å²) < 4.78 is 0. The van der Waals surface area contributed by atoms with E-state index >= 15 is 0 Å². The lowest BCUT2D eigenvalue weighted by atomic mass is 9.79. The molecule has 0 spiro atoms. The van der Waals surface area contributed by atoms with Crippen molar-refractivity contribution < 1.29 is 9.59 Å². The predicted molar refractivity (Wildman–Crippen MR) is 120 cm³/mol. The lowest BCUT2D eigenvalue weighted by molar-refractivity contribution is -0.140. The van der Waals surface area contributed by atoms with E-state index in [0.29, 0.717) is 19.5 Å². The van der Waals surface area contributed by atoms with Gasteiger partial charge in [0.1, 0.15) is 0 Å². The SMILES string of the molecule is CN(C)C(=O)C1(Cc2cccc(-c3ccccc3)c2)CCN(C(=O)C2CCCC2)C1. The van der Waals surface area contributed by atoms with Gasteiger partial charge in [-0.3, -0.25) is 9.59 Å². The van der Waals surface area contributed by atoms with Gasteiger partial charge in [0.15, 0.2) is 0 Å². The first-order valence-corrected chi connectivity index (χ1v) is 11.1. The van der Waals surface area contributed by atoms with Gasteiger partial charge in [-0.1, -0.05) is 67.4 Å². The quantitative estimate of drug-likeness (QED) is 0.741. The minimum absolute atomic E-state index is 0.134.